The van der Waals surface area contributed by atoms with Gasteiger partial charge < -0.3 is 0 Å². The van der Waals surface area contributed by atoms with Crippen LogP contribution in [0, 0.1) is 0 Å². The Morgan fingerprint density at radius 3 is 2.08 bits per heavy atom. The van der Waals surface area contributed by atoms with E-state index in [9.17, 15) is 13.2 Å². The van der Waals surface area contributed by atoms with Gasteiger partial charge in [0.05, 0.1) is 0 Å². The number of hydrogen-bond acceptors (Lipinski definition) is 1. The molecule has 0 radical (unpaired) electrons. The van der Waals surface area contributed by atoms with E-state index in [1.165, 1.54) is 22.8 Å². The SMILES string of the molecule is FC(F)(F)C1=CCN(CCc2ccc(Cc3ccccc3)cc2)CC1. The van der Waals surface area contributed by atoms with Crippen LogP contribution in [0.1, 0.15) is 23.1 Å². The predicted octanol–water partition coefficient (Wildman–Crippen LogP) is 5.01. The van der Waals surface area contributed by atoms with E-state index in [0.29, 0.717) is 13.1 Å². The molecule has 0 spiro atoms. The molecule has 0 N–H and O–H groups in total. The van der Waals surface area contributed by atoms with Gasteiger partial charge in [-0.05, 0) is 36.0 Å². The molecule has 0 aliphatic carbocycles. The molecule has 25 heavy (non-hydrogen) atoms. The van der Waals surface area contributed by atoms with Crippen LogP contribution in [0.25, 0.3) is 0 Å². The monoisotopic (exact) mass is 345 g/mol. The third-order valence-electron chi connectivity index (χ3n) is 4.65. The molecule has 1 nitrogen and oxygen atoms in total. The Bertz CT molecular complexity index is 702. The summed E-state index contributed by atoms with van der Waals surface area (Å²) < 4.78 is 37.9. The second kappa shape index (κ2) is 7.87. The van der Waals surface area contributed by atoms with E-state index in [-0.39, 0.29) is 12.0 Å². The number of rotatable bonds is 5. The highest BCUT2D eigenvalue weighted by atomic mass is 19.4. The molecule has 0 bridgehead atoms. The highest BCUT2D eigenvalue weighted by Gasteiger charge is 2.34. The number of nitrogens with zero attached hydrogens (tertiary/aromatic N) is 1. The van der Waals surface area contributed by atoms with Crippen molar-refractivity contribution in [3.63, 3.8) is 0 Å². The number of hydrogen-bond donors (Lipinski definition) is 0. The molecule has 0 unspecified atom stereocenters. The first-order valence-electron chi connectivity index (χ1n) is 8.61. The van der Waals surface area contributed by atoms with Crippen LogP contribution in [-0.4, -0.2) is 30.7 Å². The summed E-state index contributed by atoms with van der Waals surface area (Å²) in [7, 11) is 0. The molecule has 0 saturated heterocycles. The maximum Gasteiger partial charge on any atom is 0.412 e. The van der Waals surface area contributed by atoms with Crippen LogP contribution < -0.4 is 0 Å². The smallest absolute Gasteiger partial charge is 0.299 e. The van der Waals surface area contributed by atoms with Gasteiger partial charge in [-0.2, -0.15) is 13.2 Å². The molecule has 1 aliphatic heterocycles. The van der Waals surface area contributed by atoms with Gasteiger partial charge in [0.1, 0.15) is 0 Å². The van der Waals surface area contributed by atoms with E-state index >= 15 is 0 Å². The minimum atomic E-state index is -4.17. The molecule has 0 fully saturated rings. The third kappa shape index (κ3) is 5.20. The Morgan fingerprint density at radius 1 is 0.840 bits per heavy atom. The summed E-state index contributed by atoms with van der Waals surface area (Å²) >= 11 is 0. The first kappa shape index (κ1) is 17.7. The van der Waals surface area contributed by atoms with Crippen LogP contribution in [-0.2, 0) is 12.8 Å². The van der Waals surface area contributed by atoms with E-state index in [1.54, 1.807) is 0 Å². The van der Waals surface area contributed by atoms with Gasteiger partial charge in [-0.15, -0.1) is 0 Å². The molecule has 0 aromatic heterocycles. The van der Waals surface area contributed by atoms with E-state index in [2.05, 4.69) is 41.3 Å². The van der Waals surface area contributed by atoms with Crippen LogP contribution in [0.3, 0.4) is 0 Å². The first-order valence-corrected chi connectivity index (χ1v) is 8.61. The summed E-state index contributed by atoms with van der Waals surface area (Å²) in [5.41, 5.74) is 3.40. The predicted molar refractivity (Wildman–Crippen MR) is 94.6 cm³/mol. The average molecular weight is 345 g/mol. The van der Waals surface area contributed by atoms with Crippen molar-refractivity contribution in [1.29, 1.82) is 0 Å². The first-order chi connectivity index (χ1) is 12.0. The van der Waals surface area contributed by atoms with E-state index in [1.807, 2.05) is 18.2 Å². The van der Waals surface area contributed by atoms with Crippen LogP contribution in [0.4, 0.5) is 13.2 Å². The summed E-state index contributed by atoms with van der Waals surface area (Å²) in [6, 6.07) is 18.9. The number of alkyl halides is 3. The minimum absolute atomic E-state index is 0.0967. The highest BCUT2D eigenvalue weighted by molar-refractivity contribution is 5.28. The minimum Gasteiger partial charge on any atom is -0.299 e. The van der Waals surface area contributed by atoms with Gasteiger partial charge >= 0.3 is 6.18 Å². The zero-order chi connectivity index (χ0) is 17.7. The van der Waals surface area contributed by atoms with Crippen molar-refractivity contribution in [3.05, 3.63) is 82.9 Å². The molecule has 1 aliphatic rings. The van der Waals surface area contributed by atoms with Crippen molar-refractivity contribution in [2.75, 3.05) is 19.6 Å². The van der Waals surface area contributed by atoms with Crippen LogP contribution >= 0.6 is 0 Å². The maximum atomic E-state index is 12.6. The maximum absolute atomic E-state index is 12.6. The molecule has 2 aromatic rings. The van der Waals surface area contributed by atoms with Gasteiger partial charge in [0.25, 0.3) is 0 Å². The molecule has 0 amide bonds. The van der Waals surface area contributed by atoms with Crippen molar-refractivity contribution in [2.24, 2.45) is 0 Å². The van der Waals surface area contributed by atoms with Crippen LogP contribution in [0.5, 0.6) is 0 Å². The van der Waals surface area contributed by atoms with Crippen molar-refractivity contribution in [2.45, 2.75) is 25.4 Å². The molecule has 4 heteroatoms. The standard InChI is InChI=1S/C21H22F3N/c22-21(23,24)20-11-14-25(15-12-20)13-10-17-6-8-19(9-7-17)16-18-4-2-1-3-5-18/h1-9,11H,10,12-16H2. The second-order valence-corrected chi connectivity index (χ2v) is 6.51. The quantitative estimate of drug-likeness (QED) is 0.688. The van der Waals surface area contributed by atoms with Gasteiger partial charge in [0.2, 0.25) is 0 Å². The van der Waals surface area contributed by atoms with Gasteiger partial charge in [-0.25, -0.2) is 0 Å². The van der Waals surface area contributed by atoms with Crippen LogP contribution in [0.15, 0.2) is 66.2 Å². The van der Waals surface area contributed by atoms with Crippen LogP contribution in [0.2, 0.25) is 0 Å². The Kier molecular flexibility index (Phi) is 5.59. The molecule has 0 saturated carbocycles. The fourth-order valence-electron chi connectivity index (χ4n) is 3.11. The third-order valence-corrected chi connectivity index (χ3v) is 4.65. The fraction of sp³-hybridized carbons (Fsp3) is 0.333. The second-order valence-electron chi connectivity index (χ2n) is 6.51. The summed E-state index contributed by atoms with van der Waals surface area (Å²) in [5.74, 6) is 0. The molecule has 1 heterocycles. The van der Waals surface area contributed by atoms with Crippen molar-refractivity contribution < 1.29 is 13.2 Å². The zero-order valence-corrected chi connectivity index (χ0v) is 14.1. The molecular weight excluding hydrogens is 323 g/mol. The van der Waals surface area contributed by atoms with Gasteiger partial charge in [0, 0.05) is 25.2 Å². The van der Waals surface area contributed by atoms with Crippen molar-refractivity contribution >= 4 is 0 Å². The Morgan fingerprint density at radius 2 is 1.48 bits per heavy atom. The zero-order valence-electron chi connectivity index (χ0n) is 14.1. The van der Waals surface area contributed by atoms with Gasteiger partial charge in [-0.1, -0.05) is 60.7 Å². The lowest BCUT2D eigenvalue weighted by Crippen LogP contribution is -2.33. The Balaban J connectivity index is 1.49. The van der Waals surface area contributed by atoms with Gasteiger partial charge in [0.15, 0.2) is 0 Å². The number of halogens is 3. The summed E-state index contributed by atoms with van der Waals surface area (Å²) in [4.78, 5) is 2.08. The highest BCUT2D eigenvalue weighted by Crippen LogP contribution is 2.30. The fourth-order valence-corrected chi connectivity index (χ4v) is 3.11. The summed E-state index contributed by atoms with van der Waals surface area (Å²) in [6.07, 6.45) is -0.967. The average Bonchev–Trinajstić information content (AvgIpc) is 2.62. The van der Waals surface area contributed by atoms with Gasteiger partial charge in [-0.3, -0.25) is 4.90 Å². The molecular formula is C21H22F3N. The van der Waals surface area contributed by atoms with E-state index < -0.39 is 6.18 Å². The molecule has 0 atom stereocenters. The summed E-state index contributed by atoms with van der Waals surface area (Å²) in [6.45, 7) is 1.66. The molecule has 2 aromatic carbocycles. The lowest BCUT2D eigenvalue weighted by molar-refractivity contribution is -0.0959. The summed E-state index contributed by atoms with van der Waals surface area (Å²) in [5, 5.41) is 0. The largest absolute Gasteiger partial charge is 0.412 e. The Hall–Kier alpha value is -2.07. The van der Waals surface area contributed by atoms with Crippen molar-refractivity contribution in [1.82, 2.24) is 4.90 Å². The topological polar surface area (TPSA) is 3.24 Å². The molecule has 132 valence electrons. The Labute approximate surface area is 146 Å². The lowest BCUT2D eigenvalue weighted by atomic mass is 10.0. The van der Waals surface area contributed by atoms with E-state index in [4.69, 9.17) is 0 Å². The number of benzene rings is 2. The normalized spacial score (nSPS) is 15.9. The lowest BCUT2D eigenvalue weighted by Gasteiger charge is -2.27. The van der Waals surface area contributed by atoms with Crippen molar-refractivity contribution in [3.8, 4) is 0 Å². The van der Waals surface area contributed by atoms with E-state index in [0.717, 1.165) is 19.4 Å². The molecule has 3 rings (SSSR count).